The molecule has 1 heterocycles. The molecular formula is C7H13F2N. The van der Waals surface area contributed by atoms with Crippen molar-refractivity contribution in [2.45, 2.75) is 25.2 Å². The van der Waals surface area contributed by atoms with Gasteiger partial charge >= 0.3 is 0 Å². The van der Waals surface area contributed by atoms with Crippen LogP contribution in [0.1, 0.15) is 19.3 Å². The molecule has 1 aliphatic rings. The molecule has 3 heteroatoms. The fourth-order valence-corrected chi connectivity index (χ4v) is 1.20. The van der Waals surface area contributed by atoms with Gasteiger partial charge in [-0.1, -0.05) is 0 Å². The number of alkyl halides is 2. The predicted octanol–water partition coefficient (Wildman–Crippen LogP) is 1.74. The number of halogens is 2. The molecule has 1 saturated heterocycles. The van der Waals surface area contributed by atoms with E-state index in [2.05, 4.69) is 0 Å². The van der Waals surface area contributed by atoms with E-state index in [0.29, 0.717) is 13.0 Å². The Kier molecular flexibility index (Phi) is 2.24. The first kappa shape index (κ1) is 7.92. The number of hydrogen-bond acceptors (Lipinski definition) is 1. The van der Waals surface area contributed by atoms with Crippen LogP contribution in [0.3, 0.4) is 0 Å². The first-order valence-electron chi connectivity index (χ1n) is 3.66. The van der Waals surface area contributed by atoms with E-state index >= 15 is 0 Å². The van der Waals surface area contributed by atoms with Gasteiger partial charge in [-0.3, -0.25) is 0 Å². The molecule has 0 atom stereocenters. The number of likely N-dealkylation sites (tertiary alicyclic amines) is 1. The summed E-state index contributed by atoms with van der Waals surface area (Å²) in [5.74, 6) is -2.40. The van der Waals surface area contributed by atoms with Crippen LogP contribution in [-0.4, -0.2) is 31.0 Å². The van der Waals surface area contributed by atoms with Gasteiger partial charge in [-0.15, -0.1) is 0 Å². The van der Waals surface area contributed by atoms with Crippen molar-refractivity contribution in [3.63, 3.8) is 0 Å². The van der Waals surface area contributed by atoms with E-state index in [1.165, 1.54) is 0 Å². The van der Waals surface area contributed by atoms with Crippen molar-refractivity contribution >= 4 is 0 Å². The van der Waals surface area contributed by atoms with Gasteiger partial charge in [0.15, 0.2) is 0 Å². The first-order valence-corrected chi connectivity index (χ1v) is 3.66. The average molecular weight is 149 g/mol. The van der Waals surface area contributed by atoms with Gasteiger partial charge in [0.05, 0.1) is 0 Å². The Morgan fingerprint density at radius 3 is 2.60 bits per heavy atom. The summed E-state index contributed by atoms with van der Waals surface area (Å²) in [5, 5.41) is 0. The standard InChI is InChI=1S/C7H13F2N/c1-10-5-2-3-7(8,9)4-6-10/h2-6H2,1H3. The number of nitrogens with zero attached hydrogens (tertiary/aromatic N) is 1. The molecule has 1 rings (SSSR count). The van der Waals surface area contributed by atoms with E-state index in [9.17, 15) is 8.78 Å². The van der Waals surface area contributed by atoms with Crippen LogP contribution < -0.4 is 0 Å². The zero-order valence-electron chi connectivity index (χ0n) is 6.24. The molecule has 0 unspecified atom stereocenters. The number of rotatable bonds is 0. The quantitative estimate of drug-likeness (QED) is 0.507. The van der Waals surface area contributed by atoms with Gasteiger partial charge in [0.1, 0.15) is 0 Å². The minimum atomic E-state index is -2.40. The second-order valence-electron chi connectivity index (χ2n) is 3.01. The Morgan fingerprint density at radius 1 is 1.20 bits per heavy atom. The summed E-state index contributed by atoms with van der Waals surface area (Å²) >= 11 is 0. The van der Waals surface area contributed by atoms with E-state index in [1.54, 1.807) is 0 Å². The highest BCUT2D eigenvalue weighted by Gasteiger charge is 2.30. The van der Waals surface area contributed by atoms with Crippen LogP contribution in [0.2, 0.25) is 0 Å². The molecule has 0 aliphatic carbocycles. The maximum Gasteiger partial charge on any atom is 0.249 e. The smallest absolute Gasteiger partial charge is 0.249 e. The summed E-state index contributed by atoms with van der Waals surface area (Å²) in [4.78, 5) is 1.96. The van der Waals surface area contributed by atoms with Crippen molar-refractivity contribution in [3.8, 4) is 0 Å². The van der Waals surface area contributed by atoms with Crippen LogP contribution in [0.25, 0.3) is 0 Å². The molecule has 0 N–H and O–H groups in total. The van der Waals surface area contributed by atoms with Gasteiger partial charge in [0.2, 0.25) is 5.92 Å². The van der Waals surface area contributed by atoms with E-state index in [-0.39, 0.29) is 12.8 Å². The molecule has 1 aliphatic heterocycles. The minimum Gasteiger partial charge on any atom is -0.306 e. The van der Waals surface area contributed by atoms with Crippen molar-refractivity contribution in [2.24, 2.45) is 0 Å². The largest absolute Gasteiger partial charge is 0.306 e. The third-order valence-corrected chi connectivity index (χ3v) is 1.94. The van der Waals surface area contributed by atoms with Crippen molar-refractivity contribution in [1.82, 2.24) is 4.90 Å². The Bertz CT molecular complexity index is 114. The maximum absolute atomic E-state index is 12.6. The molecule has 0 radical (unpaired) electrons. The molecule has 1 fully saturated rings. The van der Waals surface area contributed by atoms with E-state index in [0.717, 1.165) is 6.54 Å². The van der Waals surface area contributed by atoms with Crippen LogP contribution in [0.4, 0.5) is 8.78 Å². The molecular weight excluding hydrogens is 136 g/mol. The molecule has 0 saturated carbocycles. The minimum absolute atomic E-state index is 0.0312. The fraction of sp³-hybridized carbons (Fsp3) is 1.00. The summed E-state index contributed by atoms with van der Waals surface area (Å²) in [6, 6.07) is 0. The van der Waals surface area contributed by atoms with Crippen LogP contribution in [0.15, 0.2) is 0 Å². The lowest BCUT2D eigenvalue weighted by atomic mass is 10.1. The molecule has 0 amide bonds. The maximum atomic E-state index is 12.6. The molecule has 10 heavy (non-hydrogen) atoms. The average Bonchev–Trinajstić information content (AvgIpc) is 1.94. The van der Waals surface area contributed by atoms with E-state index in [1.807, 2.05) is 11.9 Å². The van der Waals surface area contributed by atoms with Crippen molar-refractivity contribution in [1.29, 1.82) is 0 Å². The summed E-state index contributed by atoms with van der Waals surface area (Å²) in [5.41, 5.74) is 0. The van der Waals surface area contributed by atoms with Gasteiger partial charge in [-0.2, -0.15) is 0 Å². The number of hydrogen-bond donors (Lipinski definition) is 0. The third kappa shape index (κ3) is 2.21. The van der Waals surface area contributed by atoms with Crippen LogP contribution in [-0.2, 0) is 0 Å². The van der Waals surface area contributed by atoms with Gasteiger partial charge in [0.25, 0.3) is 0 Å². The first-order chi connectivity index (χ1) is 4.60. The summed E-state index contributed by atoms with van der Waals surface area (Å²) < 4.78 is 25.2. The van der Waals surface area contributed by atoms with E-state index < -0.39 is 5.92 Å². The normalized spacial score (nSPS) is 27.9. The monoisotopic (exact) mass is 149 g/mol. The van der Waals surface area contributed by atoms with Crippen molar-refractivity contribution in [2.75, 3.05) is 20.1 Å². The molecule has 1 nitrogen and oxygen atoms in total. The Morgan fingerprint density at radius 2 is 1.90 bits per heavy atom. The lowest BCUT2D eigenvalue weighted by Gasteiger charge is -2.13. The summed E-state index contributed by atoms with van der Waals surface area (Å²) in [6.45, 7) is 1.35. The molecule has 0 aromatic carbocycles. The van der Waals surface area contributed by atoms with Gasteiger partial charge in [-0.25, -0.2) is 8.78 Å². The highest BCUT2D eigenvalue weighted by atomic mass is 19.3. The lowest BCUT2D eigenvalue weighted by molar-refractivity contribution is -0.0125. The van der Waals surface area contributed by atoms with Gasteiger partial charge in [-0.05, 0) is 20.0 Å². The highest BCUT2D eigenvalue weighted by Crippen LogP contribution is 2.26. The van der Waals surface area contributed by atoms with Gasteiger partial charge < -0.3 is 4.90 Å². The van der Waals surface area contributed by atoms with Crippen LogP contribution >= 0.6 is 0 Å². The Balaban J connectivity index is 2.41. The third-order valence-electron chi connectivity index (χ3n) is 1.94. The lowest BCUT2D eigenvalue weighted by Crippen LogP contribution is -2.21. The summed E-state index contributed by atoms with van der Waals surface area (Å²) in [7, 11) is 1.89. The second kappa shape index (κ2) is 2.82. The highest BCUT2D eigenvalue weighted by molar-refractivity contribution is 4.72. The molecule has 0 bridgehead atoms. The molecule has 60 valence electrons. The van der Waals surface area contributed by atoms with E-state index in [4.69, 9.17) is 0 Å². The zero-order chi connectivity index (χ0) is 7.61. The van der Waals surface area contributed by atoms with Crippen LogP contribution in [0, 0.1) is 0 Å². The van der Waals surface area contributed by atoms with Crippen molar-refractivity contribution in [3.05, 3.63) is 0 Å². The van der Waals surface area contributed by atoms with Gasteiger partial charge in [0, 0.05) is 19.4 Å². The molecule has 0 aromatic heterocycles. The van der Waals surface area contributed by atoms with Crippen LogP contribution in [0.5, 0.6) is 0 Å². The second-order valence-corrected chi connectivity index (χ2v) is 3.01. The Labute approximate surface area is 60.0 Å². The Hall–Kier alpha value is -0.180. The molecule has 0 spiro atoms. The molecule has 0 aromatic rings. The van der Waals surface area contributed by atoms with Crippen molar-refractivity contribution < 1.29 is 8.78 Å². The topological polar surface area (TPSA) is 3.24 Å². The predicted molar refractivity (Wildman–Crippen MR) is 36.3 cm³/mol. The summed E-state index contributed by atoms with van der Waals surface area (Å²) in [6.07, 6.45) is 0.727. The zero-order valence-corrected chi connectivity index (χ0v) is 6.24. The fourth-order valence-electron chi connectivity index (χ4n) is 1.20. The SMILES string of the molecule is CN1CCCC(F)(F)CC1.